The van der Waals surface area contributed by atoms with Crippen LogP contribution in [0.4, 0.5) is 11.4 Å². The molecule has 4 rings (SSSR count). The maximum Gasteiger partial charge on any atom is 0.242 e. The number of rotatable bonds is 7. The summed E-state index contributed by atoms with van der Waals surface area (Å²) in [6.07, 6.45) is 0.720. The van der Waals surface area contributed by atoms with Crippen LogP contribution in [-0.4, -0.2) is 59.9 Å². The predicted octanol–water partition coefficient (Wildman–Crippen LogP) is 2.63. The quantitative estimate of drug-likeness (QED) is 0.616. The third kappa shape index (κ3) is 5.81. The molecule has 0 bridgehead atoms. The van der Waals surface area contributed by atoms with E-state index >= 15 is 0 Å². The molecular weight excluding hydrogens is 458 g/mol. The highest BCUT2D eigenvalue weighted by Crippen LogP contribution is 2.32. The van der Waals surface area contributed by atoms with Crippen LogP contribution >= 0.6 is 0 Å². The van der Waals surface area contributed by atoms with Gasteiger partial charge in [-0.3, -0.25) is 4.79 Å². The molecule has 0 aromatic heterocycles. The van der Waals surface area contributed by atoms with Gasteiger partial charge in [0.25, 0.3) is 0 Å². The fraction of sp³-hybridized carbons (Fsp3) is 0.458. The first-order chi connectivity index (χ1) is 16.3. The lowest BCUT2D eigenvalue weighted by atomic mass is 10.0. The Morgan fingerprint density at radius 3 is 2.29 bits per heavy atom. The molecule has 2 aliphatic rings. The summed E-state index contributed by atoms with van der Waals surface area (Å²) in [6, 6.07) is 11.0. The number of hydrogen-bond donors (Lipinski definition) is 2. The normalized spacial score (nSPS) is 17.2. The smallest absolute Gasteiger partial charge is 0.242 e. The SMILES string of the molecule is CC(C)C(NS(=O)(=O)c1ccc2c(c1)OCCCO2)C(=O)Nc1ccc(N2CCOCC2)cc1. The van der Waals surface area contributed by atoms with Crippen molar-refractivity contribution in [1.29, 1.82) is 0 Å². The van der Waals surface area contributed by atoms with Gasteiger partial charge in [0.2, 0.25) is 15.9 Å². The second kappa shape index (κ2) is 10.6. The fourth-order valence-electron chi connectivity index (χ4n) is 3.84. The third-order valence-electron chi connectivity index (χ3n) is 5.77. The average Bonchev–Trinajstić information content (AvgIpc) is 3.08. The van der Waals surface area contributed by atoms with Gasteiger partial charge in [0.05, 0.1) is 31.3 Å². The van der Waals surface area contributed by atoms with E-state index in [9.17, 15) is 13.2 Å². The van der Waals surface area contributed by atoms with Crippen LogP contribution in [0.2, 0.25) is 0 Å². The van der Waals surface area contributed by atoms with Crippen molar-refractivity contribution >= 4 is 27.3 Å². The van der Waals surface area contributed by atoms with Crippen molar-refractivity contribution < 1.29 is 27.4 Å². The molecular formula is C24H31N3O6S. The van der Waals surface area contributed by atoms with E-state index in [1.807, 2.05) is 24.3 Å². The molecule has 2 aliphatic heterocycles. The fourth-order valence-corrected chi connectivity index (χ4v) is 5.19. The molecule has 1 amide bonds. The van der Waals surface area contributed by atoms with E-state index in [-0.39, 0.29) is 10.8 Å². The Hall–Kier alpha value is -2.82. The first-order valence-electron chi connectivity index (χ1n) is 11.5. The van der Waals surface area contributed by atoms with Gasteiger partial charge in [-0.05, 0) is 42.3 Å². The van der Waals surface area contributed by atoms with Crippen LogP contribution < -0.4 is 24.4 Å². The van der Waals surface area contributed by atoms with Gasteiger partial charge in [-0.1, -0.05) is 13.8 Å². The summed E-state index contributed by atoms with van der Waals surface area (Å²) in [5.74, 6) is 0.191. The van der Waals surface area contributed by atoms with Crippen LogP contribution in [0.25, 0.3) is 0 Å². The summed E-state index contributed by atoms with van der Waals surface area (Å²) in [7, 11) is -3.97. The molecule has 1 fully saturated rings. The number of nitrogens with zero attached hydrogens (tertiary/aromatic N) is 1. The Morgan fingerprint density at radius 1 is 0.941 bits per heavy atom. The van der Waals surface area contributed by atoms with Gasteiger partial charge < -0.3 is 24.4 Å². The second-order valence-electron chi connectivity index (χ2n) is 8.64. The van der Waals surface area contributed by atoms with Crippen molar-refractivity contribution in [3.63, 3.8) is 0 Å². The van der Waals surface area contributed by atoms with Crippen molar-refractivity contribution in [1.82, 2.24) is 4.72 Å². The lowest BCUT2D eigenvalue weighted by Gasteiger charge is -2.29. The first kappa shape index (κ1) is 24.3. The van der Waals surface area contributed by atoms with Crippen LogP contribution in [0.1, 0.15) is 20.3 Å². The van der Waals surface area contributed by atoms with Crippen LogP contribution in [0, 0.1) is 5.92 Å². The Kier molecular flexibility index (Phi) is 7.60. The number of sulfonamides is 1. The van der Waals surface area contributed by atoms with E-state index in [1.165, 1.54) is 12.1 Å². The van der Waals surface area contributed by atoms with Gasteiger partial charge >= 0.3 is 0 Å². The van der Waals surface area contributed by atoms with Crippen molar-refractivity contribution in [2.45, 2.75) is 31.2 Å². The van der Waals surface area contributed by atoms with Gasteiger partial charge in [0, 0.05) is 37.0 Å². The maximum atomic E-state index is 13.1. The van der Waals surface area contributed by atoms with Gasteiger partial charge in [-0.15, -0.1) is 0 Å². The molecule has 10 heteroatoms. The lowest BCUT2D eigenvalue weighted by molar-refractivity contribution is -0.118. The van der Waals surface area contributed by atoms with Crippen LogP contribution in [0.3, 0.4) is 0 Å². The standard InChI is InChI=1S/C24H31N3O6S/c1-17(2)23(24(28)25-18-4-6-19(7-5-18)27-10-14-31-15-11-27)26-34(29,30)20-8-9-21-22(16-20)33-13-3-12-32-21/h4-9,16-17,23,26H,3,10-15H2,1-2H3,(H,25,28). The topological polar surface area (TPSA) is 106 Å². The van der Waals surface area contributed by atoms with E-state index in [0.717, 1.165) is 25.2 Å². The minimum Gasteiger partial charge on any atom is -0.490 e. The third-order valence-corrected chi connectivity index (χ3v) is 7.21. The molecule has 0 aliphatic carbocycles. The monoisotopic (exact) mass is 489 g/mol. The summed E-state index contributed by atoms with van der Waals surface area (Å²) in [4.78, 5) is 15.3. The molecule has 34 heavy (non-hydrogen) atoms. The summed E-state index contributed by atoms with van der Waals surface area (Å²) >= 11 is 0. The summed E-state index contributed by atoms with van der Waals surface area (Å²) in [5.41, 5.74) is 1.65. The molecule has 1 unspecified atom stereocenters. The van der Waals surface area contributed by atoms with E-state index in [1.54, 1.807) is 19.9 Å². The number of carbonyl (C=O) groups excluding carboxylic acids is 1. The highest BCUT2D eigenvalue weighted by atomic mass is 32.2. The predicted molar refractivity (Wildman–Crippen MR) is 129 cm³/mol. The van der Waals surface area contributed by atoms with Crippen molar-refractivity contribution in [3.8, 4) is 11.5 Å². The number of hydrogen-bond acceptors (Lipinski definition) is 7. The molecule has 0 spiro atoms. The van der Waals surface area contributed by atoms with Crippen LogP contribution in [0.15, 0.2) is 47.4 Å². The lowest BCUT2D eigenvalue weighted by Crippen LogP contribution is -2.47. The average molecular weight is 490 g/mol. The molecule has 1 saturated heterocycles. The number of carbonyl (C=O) groups is 1. The zero-order valence-corrected chi connectivity index (χ0v) is 20.3. The number of amides is 1. The number of ether oxygens (including phenoxy) is 3. The number of anilines is 2. The molecule has 0 saturated carbocycles. The molecule has 2 aromatic rings. The number of nitrogens with one attached hydrogen (secondary N) is 2. The van der Waals surface area contributed by atoms with Gasteiger partial charge in [0.1, 0.15) is 6.04 Å². The number of morpholine rings is 1. The number of fused-ring (bicyclic) bond motifs is 1. The summed E-state index contributed by atoms with van der Waals surface area (Å²) < 4.78 is 45.3. The molecule has 9 nitrogen and oxygen atoms in total. The van der Waals surface area contributed by atoms with E-state index < -0.39 is 22.0 Å². The Morgan fingerprint density at radius 2 is 1.62 bits per heavy atom. The molecule has 0 radical (unpaired) electrons. The minimum absolute atomic E-state index is 0.0186. The highest BCUT2D eigenvalue weighted by molar-refractivity contribution is 7.89. The zero-order chi connectivity index (χ0) is 24.1. The van der Waals surface area contributed by atoms with Gasteiger partial charge in [-0.25, -0.2) is 8.42 Å². The van der Waals surface area contributed by atoms with Crippen molar-refractivity contribution in [2.24, 2.45) is 5.92 Å². The van der Waals surface area contributed by atoms with Crippen molar-refractivity contribution in [3.05, 3.63) is 42.5 Å². The van der Waals surface area contributed by atoms with Crippen LogP contribution in [0.5, 0.6) is 11.5 Å². The molecule has 2 aromatic carbocycles. The van der Waals surface area contributed by atoms with E-state index in [4.69, 9.17) is 14.2 Å². The minimum atomic E-state index is -3.97. The summed E-state index contributed by atoms with van der Waals surface area (Å²) in [5, 5.41) is 2.83. The first-order valence-corrected chi connectivity index (χ1v) is 13.0. The van der Waals surface area contributed by atoms with E-state index in [0.29, 0.717) is 43.6 Å². The van der Waals surface area contributed by atoms with Gasteiger partial charge in [-0.2, -0.15) is 4.72 Å². The Labute approximate surface area is 200 Å². The molecule has 184 valence electrons. The van der Waals surface area contributed by atoms with Crippen LogP contribution in [-0.2, 0) is 19.6 Å². The molecule has 2 heterocycles. The Bertz CT molecular complexity index is 1100. The largest absolute Gasteiger partial charge is 0.490 e. The molecule has 1 atom stereocenters. The molecule has 2 N–H and O–H groups in total. The summed E-state index contributed by atoms with van der Waals surface area (Å²) in [6.45, 7) is 7.58. The number of benzene rings is 2. The van der Waals surface area contributed by atoms with Gasteiger partial charge in [0.15, 0.2) is 11.5 Å². The zero-order valence-electron chi connectivity index (χ0n) is 19.5. The second-order valence-corrected chi connectivity index (χ2v) is 10.4. The maximum absolute atomic E-state index is 13.1. The highest BCUT2D eigenvalue weighted by Gasteiger charge is 2.29. The van der Waals surface area contributed by atoms with E-state index in [2.05, 4.69) is 14.9 Å². The Balaban J connectivity index is 1.45. The van der Waals surface area contributed by atoms with Crippen molar-refractivity contribution in [2.75, 3.05) is 49.7 Å².